The van der Waals surface area contributed by atoms with Crippen molar-refractivity contribution in [3.8, 4) is 5.75 Å². The first-order valence-corrected chi connectivity index (χ1v) is 3.53. The molecule has 0 unspecified atom stereocenters. The summed E-state index contributed by atoms with van der Waals surface area (Å²) in [5, 5.41) is 10.5. The summed E-state index contributed by atoms with van der Waals surface area (Å²) < 4.78 is 4.80. The Morgan fingerprint density at radius 1 is 1.54 bits per heavy atom. The second-order valence-corrected chi connectivity index (χ2v) is 2.36. The molecule has 4 heteroatoms. The predicted molar refractivity (Wildman–Crippen MR) is 42.7 cm³/mol. The van der Waals surface area contributed by atoms with Crippen LogP contribution in [0, 0.1) is 0 Å². The lowest BCUT2D eigenvalue weighted by atomic mass is 10.1. The summed E-state index contributed by atoms with van der Waals surface area (Å²) >= 11 is 0. The monoisotopic (exact) mass is 179 g/mol. The number of carboxylic acid groups (broad SMARTS) is 1. The van der Waals surface area contributed by atoms with Gasteiger partial charge in [-0.2, -0.15) is 0 Å². The topological polar surface area (TPSA) is 66.4 Å². The molecule has 13 heavy (non-hydrogen) atoms. The molecule has 4 nitrogen and oxygen atoms in total. The van der Waals surface area contributed by atoms with Crippen LogP contribution < -0.4 is 9.84 Å². The van der Waals surface area contributed by atoms with Crippen LogP contribution in [0.25, 0.3) is 0 Å². The van der Waals surface area contributed by atoms with Crippen LogP contribution in [-0.2, 0) is 0 Å². The van der Waals surface area contributed by atoms with Crippen molar-refractivity contribution in [2.75, 3.05) is 7.11 Å². The highest BCUT2D eigenvalue weighted by molar-refractivity contribution is 5.96. The van der Waals surface area contributed by atoms with Gasteiger partial charge in [0, 0.05) is 11.1 Å². The summed E-state index contributed by atoms with van der Waals surface area (Å²) in [6.07, 6.45) is 0.463. The molecule has 0 amide bonds. The maximum Gasteiger partial charge on any atom is 0.150 e. The van der Waals surface area contributed by atoms with E-state index in [1.807, 2.05) is 0 Å². The molecule has 1 aromatic rings. The minimum Gasteiger partial charge on any atom is -0.545 e. The zero-order chi connectivity index (χ0) is 9.84. The molecule has 0 aromatic heterocycles. The van der Waals surface area contributed by atoms with Crippen LogP contribution in [0.5, 0.6) is 5.75 Å². The highest BCUT2D eigenvalue weighted by Gasteiger charge is 2.03. The van der Waals surface area contributed by atoms with Gasteiger partial charge in [-0.05, 0) is 18.2 Å². The van der Waals surface area contributed by atoms with Gasteiger partial charge in [-0.15, -0.1) is 0 Å². The lowest BCUT2D eigenvalue weighted by Crippen LogP contribution is -2.23. The van der Waals surface area contributed by atoms with Gasteiger partial charge in [0.2, 0.25) is 0 Å². The van der Waals surface area contributed by atoms with Gasteiger partial charge in [-0.25, -0.2) is 0 Å². The van der Waals surface area contributed by atoms with Crippen molar-refractivity contribution in [2.24, 2.45) is 0 Å². The van der Waals surface area contributed by atoms with Crippen molar-refractivity contribution in [3.63, 3.8) is 0 Å². The molecule has 0 N–H and O–H groups in total. The molecular weight excluding hydrogens is 172 g/mol. The number of hydrogen-bond acceptors (Lipinski definition) is 4. The maximum atomic E-state index is 10.5. The van der Waals surface area contributed by atoms with Crippen molar-refractivity contribution in [1.82, 2.24) is 0 Å². The van der Waals surface area contributed by atoms with Crippen LogP contribution >= 0.6 is 0 Å². The molecule has 0 atom stereocenters. The van der Waals surface area contributed by atoms with Gasteiger partial charge in [0.25, 0.3) is 0 Å². The number of carbonyl (C=O) groups is 2. The fourth-order valence-corrected chi connectivity index (χ4v) is 0.942. The average Bonchev–Trinajstić information content (AvgIpc) is 2.16. The Labute approximate surface area is 74.8 Å². The van der Waals surface area contributed by atoms with Crippen molar-refractivity contribution in [3.05, 3.63) is 29.3 Å². The summed E-state index contributed by atoms with van der Waals surface area (Å²) in [4.78, 5) is 20.9. The van der Waals surface area contributed by atoms with Crippen LogP contribution in [0.3, 0.4) is 0 Å². The number of carbonyl (C=O) groups excluding carboxylic acids is 2. The summed E-state index contributed by atoms with van der Waals surface area (Å²) in [6.45, 7) is 0. The van der Waals surface area contributed by atoms with Gasteiger partial charge >= 0.3 is 0 Å². The van der Waals surface area contributed by atoms with Gasteiger partial charge < -0.3 is 14.6 Å². The third kappa shape index (κ3) is 1.84. The number of carboxylic acids is 1. The van der Waals surface area contributed by atoms with Crippen molar-refractivity contribution in [2.45, 2.75) is 0 Å². The van der Waals surface area contributed by atoms with Crippen LogP contribution in [0.1, 0.15) is 20.7 Å². The lowest BCUT2D eigenvalue weighted by Gasteiger charge is -2.07. The normalized spacial score (nSPS) is 9.31. The number of aromatic carboxylic acids is 1. The summed E-state index contributed by atoms with van der Waals surface area (Å²) in [5.41, 5.74) is -0.0739. The Bertz CT molecular complexity index is 343. The lowest BCUT2D eigenvalue weighted by molar-refractivity contribution is -0.255. The third-order valence-electron chi connectivity index (χ3n) is 1.61. The number of rotatable bonds is 3. The van der Waals surface area contributed by atoms with Crippen molar-refractivity contribution >= 4 is 12.3 Å². The summed E-state index contributed by atoms with van der Waals surface area (Å²) in [6, 6.07) is 4.13. The molecule has 0 aliphatic heterocycles. The summed E-state index contributed by atoms with van der Waals surface area (Å²) in [7, 11) is 1.41. The Morgan fingerprint density at radius 2 is 2.23 bits per heavy atom. The number of methoxy groups -OCH3 is 1. The molecule has 0 saturated heterocycles. The smallest absolute Gasteiger partial charge is 0.150 e. The molecule has 0 aliphatic rings. The van der Waals surface area contributed by atoms with E-state index >= 15 is 0 Å². The van der Waals surface area contributed by atoms with Gasteiger partial charge in [-0.1, -0.05) is 0 Å². The molecule has 0 saturated carbocycles. The maximum absolute atomic E-state index is 10.5. The van der Waals surface area contributed by atoms with Crippen LogP contribution in [0.4, 0.5) is 0 Å². The molecule has 0 bridgehead atoms. The number of aldehydes is 1. The van der Waals surface area contributed by atoms with E-state index in [2.05, 4.69) is 0 Å². The predicted octanol–water partition coefficient (Wildman–Crippen LogP) is -0.129. The van der Waals surface area contributed by atoms with Gasteiger partial charge in [-0.3, -0.25) is 4.79 Å². The highest BCUT2D eigenvalue weighted by atomic mass is 16.5. The molecule has 1 aromatic carbocycles. The number of hydrogen-bond donors (Lipinski definition) is 0. The number of ether oxygens (including phenoxy) is 1. The Kier molecular flexibility index (Phi) is 2.64. The molecule has 0 fully saturated rings. The van der Waals surface area contributed by atoms with Crippen molar-refractivity contribution < 1.29 is 19.4 Å². The molecular formula is C9H7O4-. The zero-order valence-electron chi connectivity index (χ0n) is 6.94. The minimum absolute atomic E-state index is 0.0841. The van der Waals surface area contributed by atoms with Crippen molar-refractivity contribution in [1.29, 1.82) is 0 Å². The molecule has 1 rings (SSSR count). The van der Waals surface area contributed by atoms with Crippen LogP contribution in [-0.4, -0.2) is 19.4 Å². The SMILES string of the molecule is COc1ccc(C=O)c(C(=O)[O-])c1. The van der Waals surface area contributed by atoms with E-state index < -0.39 is 5.97 Å². The van der Waals surface area contributed by atoms with Gasteiger partial charge in [0.05, 0.1) is 13.1 Å². The first-order valence-electron chi connectivity index (χ1n) is 3.53. The molecule has 0 spiro atoms. The molecule has 0 radical (unpaired) electrons. The third-order valence-corrected chi connectivity index (χ3v) is 1.61. The fourth-order valence-electron chi connectivity index (χ4n) is 0.942. The minimum atomic E-state index is -1.39. The second kappa shape index (κ2) is 3.71. The second-order valence-electron chi connectivity index (χ2n) is 2.36. The largest absolute Gasteiger partial charge is 0.545 e. The Balaban J connectivity index is 3.25. The summed E-state index contributed by atoms with van der Waals surface area (Å²) in [5.74, 6) is -1.01. The van der Waals surface area contributed by atoms with Crippen LogP contribution in [0.15, 0.2) is 18.2 Å². The van der Waals surface area contributed by atoms with E-state index in [0.717, 1.165) is 0 Å². The average molecular weight is 179 g/mol. The fraction of sp³-hybridized carbons (Fsp3) is 0.111. The van der Waals surface area contributed by atoms with E-state index in [1.165, 1.54) is 25.3 Å². The van der Waals surface area contributed by atoms with Gasteiger partial charge in [0.15, 0.2) is 6.29 Å². The first kappa shape index (κ1) is 9.25. The van der Waals surface area contributed by atoms with E-state index in [-0.39, 0.29) is 11.1 Å². The first-order chi connectivity index (χ1) is 6.19. The van der Waals surface area contributed by atoms with Crippen LogP contribution in [0.2, 0.25) is 0 Å². The highest BCUT2D eigenvalue weighted by Crippen LogP contribution is 2.15. The molecule has 0 aliphatic carbocycles. The quantitative estimate of drug-likeness (QED) is 0.606. The Hall–Kier alpha value is -1.84. The van der Waals surface area contributed by atoms with E-state index in [9.17, 15) is 14.7 Å². The van der Waals surface area contributed by atoms with Gasteiger partial charge in [0.1, 0.15) is 5.75 Å². The zero-order valence-corrected chi connectivity index (χ0v) is 6.94. The van der Waals surface area contributed by atoms with E-state index in [4.69, 9.17) is 4.74 Å². The van der Waals surface area contributed by atoms with E-state index in [1.54, 1.807) is 0 Å². The van der Waals surface area contributed by atoms with E-state index in [0.29, 0.717) is 12.0 Å². The standard InChI is InChI=1S/C9H8O4/c1-13-7-3-2-6(5-10)8(4-7)9(11)12/h2-5H,1H3,(H,11,12)/p-1. The Morgan fingerprint density at radius 3 is 2.69 bits per heavy atom. The molecule has 0 heterocycles. The molecule has 68 valence electrons. The number of benzene rings is 1.